The van der Waals surface area contributed by atoms with E-state index in [1.807, 2.05) is 6.07 Å². The van der Waals surface area contributed by atoms with Gasteiger partial charge in [-0.3, -0.25) is 4.52 Å². The van der Waals surface area contributed by atoms with Crippen molar-refractivity contribution < 1.29 is 18.4 Å². The molecule has 1 unspecified atom stereocenters. The smallest absolute Gasteiger partial charge is 0.294 e. The van der Waals surface area contributed by atoms with Gasteiger partial charge in [-0.15, -0.1) is 6.58 Å². The number of aromatic nitrogens is 1. The van der Waals surface area contributed by atoms with Gasteiger partial charge >= 0.3 is 8.25 Å². The van der Waals surface area contributed by atoms with Gasteiger partial charge in [0.15, 0.2) is 0 Å². The highest BCUT2D eigenvalue weighted by atomic mass is 31.1. The lowest BCUT2D eigenvalue weighted by molar-refractivity contribution is -0.858. The predicted molar refractivity (Wildman–Crippen MR) is 48.4 cm³/mol. The predicted octanol–water partition coefficient (Wildman–Crippen LogP) is 0.995. The third-order valence-electron chi connectivity index (χ3n) is 1.19. The number of hydrogen-bond acceptors (Lipinski definition) is 3. The Morgan fingerprint density at radius 3 is 2.69 bits per heavy atom. The largest absolute Gasteiger partial charge is 0.434 e. The molecule has 1 aromatic rings. The molecule has 0 aliphatic carbocycles. The first-order valence-corrected chi connectivity index (χ1v) is 4.97. The zero-order valence-corrected chi connectivity index (χ0v) is 8.05. The van der Waals surface area contributed by atoms with E-state index in [0.717, 1.165) is 0 Å². The monoisotopic (exact) mass is 200 g/mol. The fourth-order valence-corrected chi connectivity index (χ4v) is 1.28. The summed E-state index contributed by atoms with van der Waals surface area (Å²) in [5.74, 6) is 0. The van der Waals surface area contributed by atoms with Gasteiger partial charge < -0.3 is 0 Å². The molecule has 0 aliphatic heterocycles. The van der Waals surface area contributed by atoms with Gasteiger partial charge in [0.1, 0.15) is 0 Å². The van der Waals surface area contributed by atoms with E-state index in [1.54, 1.807) is 24.5 Å². The molecule has 1 aromatic heterocycles. The van der Waals surface area contributed by atoms with Crippen LogP contribution in [-0.4, -0.2) is 6.61 Å². The third kappa shape index (κ3) is 3.87. The summed E-state index contributed by atoms with van der Waals surface area (Å²) in [5, 5.41) is 0. The SMILES string of the molecule is C=CCO[PH](=O)O[n+]1ccccc1. The summed E-state index contributed by atoms with van der Waals surface area (Å²) in [7, 11) is -2.46. The van der Waals surface area contributed by atoms with Gasteiger partial charge in [-0.2, -0.15) is 4.62 Å². The van der Waals surface area contributed by atoms with E-state index >= 15 is 0 Å². The minimum atomic E-state index is -2.46. The second kappa shape index (κ2) is 5.51. The Balaban J connectivity index is 2.41. The molecular weight excluding hydrogens is 189 g/mol. The van der Waals surface area contributed by atoms with E-state index in [-0.39, 0.29) is 6.61 Å². The van der Waals surface area contributed by atoms with Crippen LogP contribution >= 0.6 is 8.25 Å². The van der Waals surface area contributed by atoms with Crippen LogP contribution in [0.2, 0.25) is 0 Å². The average molecular weight is 200 g/mol. The van der Waals surface area contributed by atoms with E-state index in [9.17, 15) is 4.57 Å². The summed E-state index contributed by atoms with van der Waals surface area (Å²) in [6, 6.07) is 5.37. The van der Waals surface area contributed by atoms with Crippen LogP contribution in [0.5, 0.6) is 0 Å². The lowest BCUT2D eigenvalue weighted by Crippen LogP contribution is -2.37. The number of hydrogen-bond donors (Lipinski definition) is 0. The molecule has 1 rings (SSSR count). The first-order valence-electron chi connectivity index (χ1n) is 3.75. The van der Waals surface area contributed by atoms with Crippen LogP contribution in [0, 0.1) is 0 Å². The van der Waals surface area contributed by atoms with Crippen molar-refractivity contribution in [3.63, 3.8) is 0 Å². The quantitative estimate of drug-likeness (QED) is 0.404. The van der Waals surface area contributed by atoms with E-state index in [1.165, 1.54) is 10.8 Å². The summed E-state index contributed by atoms with van der Waals surface area (Å²) >= 11 is 0. The molecule has 0 N–H and O–H groups in total. The van der Waals surface area contributed by atoms with Crippen molar-refractivity contribution >= 4 is 8.25 Å². The van der Waals surface area contributed by atoms with Gasteiger partial charge in [0.05, 0.1) is 6.61 Å². The number of nitrogens with zero attached hydrogens (tertiary/aromatic N) is 1. The number of pyridine rings is 1. The second-order valence-electron chi connectivity index (χ2n) is 2.18. The second-order valence-corrected chi connectivity index (χ2v) is 3.15. The van der Waals surface area contributed by atoms with Crippen molar-refractivity contribution in [2.75, 3.05) is 6.61 Å². The minimum absolute atomic E-state index is 0.227. The maximum atomic E-state index is 11.0. The topological polar surface area (TPSA) is 39.4 Å². The van der Waals surface area contributed by atoms with Crippen LogP contribution in [-0.2, 0) is 9.09 Å². The molecule has 0 radical (unpaired) electrons. The average Bonchev–Trinajstić information content (AvgIpc) is 2.16. The van der Waals surface area contributed by atoms with Crippen LogP contribution < -0.4 is 9.35 Å². The normalized spacial score (nSPS) is 12.0. The van der Waals surface area contributed by atoms with Crippen molar-refractivity contribution in [3.8, 4) is 0 Å². The molecule has 13 heavy (non-hydrogen) atoms. The van der Waals surface area contributed by atoms with Gasteiger partial charge in [0.25, 0.3) is 0 Å². The molecule has 0 fully saturated rings. The Hall–Kier alpha value is -1.12. The highest BCUT2D eigenvalue weighted by molar-refractivity contribution is 7.33. The molecule has 70 valence electrons. The fourth-order valence-electron chi connectivity index (χ4n) is 0.683. The van der Waals surface area contributed by atoms with Crippen LogP contribution in [0.25, 0.3) is 0 Å². The van der Waals surface area contributed by atoms with Gasteiger partial charge in [0.2, 0.25) is 12.4 Å². The van der Waals surface area contributed by atoms with E-state index in [0.29, 0.717) is 0 Å². The molecule has 0 bridgehead atoms. The number of rotatable bonds is 5. The molecule has 0 aliphatic rings. The molecule has 0 amide bonds. The Labute approximate surface area is 77.3 Å². The lowest BCUT2D eigenvalue weighted by atomic mass is 10.5. The van der Waals surface area contributed by atoms with Crippen molar-refractivity contribution in [3.05, 3.63) is 43.2 Å². The molecule has 1 heterocycles. The zero-order chi connectivity index (χ0) is 9.52. The van der Waals surface area contributed by atoms with Crippen LogP contribution in [0.4, 0.5) is 0 Å². The molecular formula is C8H11NO3P+. The van der Waals surface area contributed by atoms with Gasteiger partial charge in [0, 0.05) is 16.9 Å². The fraction of sp³-hybridized carbons (Fsp3) is 0.125. The summed E-state index contributed by atoms with van der Waals surface area (Å²) in [6.07, 6.45) is 4.79. The van der Waals surface area contributed by atoms with Crippen molar-refractivity contribution in [1.29, 1.82) is 0 Å². The lowest BCUT2D eigenvalue weighted by Gasteiger charge is -1.96. The summed E-state index contributed by atoms with van der Waals surface area (Å²) < 4.78 is 22.1. The van der Waals surface area contributed by atoms with E-state index in [2.05, 4.69) is 6.58 Å². The molecule has 1 atom stereocenters. The molecule has 4 nitrogen and oxygen atoms in total. The van der Waals surface area contributed by atoms with Gasteiger partial charge in [-0.1, -0.05) is 12.1 Å². The van der Waals surface area contributed by atoms with E-state index < -0.39 is 8.25 Å². The first-order chi connectivity index (χ1) is 6.33. The zero-order valence-electron chi connectivity index (χ0n) is 7.05. The van der Waals surface area contributed by atoms with Crippen LogP contribution in [0.3, 0.4) is 0 Å². The summed E-state index contributed by atoms with van der Waals surface area (Å²) in [5.41, 5.74) is 0. The molecule has 0 spiro atoms. The molecule has 0 aromatic carbocycles. The Morgan fingerprint density at radius 1 is 1.38 bits per heavy atom. The molecule has 0 saturated heterocycles. The standard InChI is InChI=1S/C8H11NO3P/c1-2-8-11-13(10)12-9-6-4-3-5-7-9/h2-7,13H,1,8H2/q+1. The maximum absolute atomic E-state index is 11.0. The third-order valence-corrected chi connectivity index (χ3v) is 1.95. The van der Waals surface area contributed by atoms with Crippen LogP contribution in [0.1, 0.15) is 0 Å². The maximum Gasteiger partial charge on any atom is 0.434 e. The van der Waals surface area contributed by atoms with Crippen molar-refractivity contribution in [1.82, 2.24) is 0 Å². The van der Waals surface area contributed by atoms with Crippen LogP contribution in [0.15, 0.2) is 43.2 Å². The molecule has 0 saturated carbocycles. The highest BCUT2D eigenvalue weighted by Crippen LogP contribution is 2.15. The minimum Gasteiger partial charge on any atom is -0.294 e. The van der Waals surface area contributed by atoms with E-state index in [4.69, 9.17) is 9.15 Å². The highest BCUT2D eigenvalue weighted by Gasteiger charge is 2.05. The summed E-state index contributed by atoms with van der Waals surface area (Å²) in [4.78, 5) is 0. The Kier molecular flexibility index (Phi) is 4.23. The Morgan fingerprint density at radius 2 is 2.08 bits per heavy atom. The van der Waals surface area contributed by atoms with Crippen molar-refractivity contribution in [2.24, 2.45) is 0 Å². The van der Waals surface area contributed by atoms with Crippen molar-refractivity contribution in [2.45, 2.75) is 0 Å². The van der Waals surface area contributed by atoms with Gasteiger partial charge in [-0.05, 0) is 0 Å². The van der Waals surface area contributed by atoms with Gasteiger partial charge in [-0.25, -0.2) is 4.57 Å². The first kappa shape index (κ1) is 9.96. The summed E-state index contributed by atoms with van der Waals surface area (Å²) in [6.45, 7) is 3.66. The molecule has 5 heteroatoms. The Bertz CT molecular complexity index is 289.